The van der Waals surface area contributed by atoms with Crippen LogP contribution in [0.1, 0.15) is 25.7 Å². The van der Waals surface area contributed by atoms with Gasteiger partial charge < -0.3 is 0 Å². The van der Waals surface area contributed by atoms with Crippen molar-refractivity contribution in [1.82, 2.24) is 0 Å². The zero-order chi connectivity index (χ0) is 14.1. The highest BCUT2D eigenvalue weighted by Gasteiger charge is 2.28. The maximum Gasteiger partial charge on any atom is 0.0858 e. The number of rotatable bonds is 2. The van der Waals surface area contributed by atoms with Crippen molar-refractivity contribution in [3.8, 4) is 0 Å². The fraction of sp³-hybridized carbons (Fsp3) is 0.714. The molecule has 4 heteroatoms. The molecule has 1 saturated carbocycles. The molecule has 0 radical (unpaired) electrons. The average molecular weight is 504 g/mol. The molecule has 0 aliphatic heterocycles. The molecule has 0 spiro atoms. The van der Waals surface area contributed by atoms with Crippen molar-refractivity contribution in [2.75, 3.05) is 0 Å². The van der Waals surface area contributed by atoms with Crippen molar-refractivity contribution >= 4 is 61.3 Å². The Kier molecular flexibility index (Phi) is 6.22. The van der Waals surface area contributed by atoms with Gasteiger partial charge in [0.1, 0.15) is 0 Å². The van der Waals surface area contributed by atoms with Gasteiger partial charge in [0, 0.05) is 0 Å². The molecule has 1 aliphatic carbocycles. The van der Waals surface area contributed by atoms with Crippen molar-refractivity contribution in [1.29, 1.82) is 0 Å². The first-order valence-corrected chi connectivity index (χ1v) is 16.0. The molecule has 104 valence electrons. The van der Waals surface area contributed by atoms with Crippen molar-refractivity contribution < 1.29 is 0 Å². The monoisotopic (exact) mass is 504 g/mol. The second-order valence-corrected chi connectivity index (χ2v) is 21.5. The summed E-state index contributed by atoms with van der Waals surface area (Å²) in [7, 11) is -2.30. The summed E-state index contributed by atoms with van der Waals surface area (Å²) in [6.07, 6.45) is 5.45. The lowest BCUT2D eigenvalue weighted by Crippen LogP contribution is -2.26. The van der Waals surface area contributed by atoms with E-state index in [1.165, 1.54) is 25.7 Å². The van der Waals surface area contributed by atoms with Gasteiger partial charge in [0.2, 0.25) is 0 Å². The molecule has 0 saturated heterocycles. The third kappa shape index (κ3) is 4.44. The topological polar surface area (TPSA) is 0 Å². The van der Waals surface area contributed by atoms with E-state index in [1.54, 1.807) is 17.6 Å². The molecule has 0 amide bonds. The van der Waals surface area contributed by atoms with Crippen LogP contribution in [0.2, 0.25) is 39.3 Å². The summed E-state index contributed by atoms with van der Waals surface area (Å²) >= 11 is 5.33. The first-order valence-electron chi connectivity index (χ1n) is 6.84. The second-order valence-electron chi connectivity index (χ2n) is 7.29. The number of allylic oxidation sites excluding steroid dienone is 2. The number of halogens is 2. The molecule has 0 aromatic rings. The van der Waals surface area contributed by atoms with Crippen LogP contribution in [0.4, 0.5) is 0 Å². The van der Waals surface area contributed by atoms with Crippen LogP contribution in [-0.2, 0) is 0 Å². The molecule has 1 fully saturated rings. The first kappa shape index (κ1) is 17.4. The Morgan fingerprint density at radius 2 is 1.00 bits per heavy atom. The minimum absolute atomic E-state index is 1.15. The molecular weight excluding hydrogens is 478 g/mol. The smallest absolute Gasteiger partial charge is 0.0652 e. The first-order chi connectivity index (χ1) is 8.05. The lowest BCUT2D eigenvalue weighted by atomic mass is 9.92. The summed E-state index contributed by atoms with van der Waals surface area (Å²) in [4.78, 5) is 0. The lowest BCUT2D eigenvalue weighted by Gasteiger charge is -2.30. The van der Waals surface area contributed by atoms with Crippen LogP contribution >= 0.6 is 45.2 Å². The SMILES string of the molecule is C[Si](C)(C)C(I)=C1CCCCC1=C(I)[Si](C)(C)C. The zero-order valence-electron chi connectivity index (χ0n) is 12.6. The van der Waals surface area contributed by atoms with Crippen molar-refractivity contribution in [3.05, 3.63) is 17.6 Å². The fourth-order valence-corrected chi connectivity index (χ4v) is 5.85. The van der Waals surface area contributed by atoms with Crippen LogP contribution in [0.25, 0.3) is 0 Å². The standard InChI is InChI=1S/C14H26I2Si2/c1-17(2,3)13(15)11-9-7-8-10-12(11)14(16)18(4,5)6/h7-10H2,1-6H3. The van der Waals surface area contributed by atoms with Crippen LogP contribution in [0.15, 0.2) is 17.6 Å². The van der Waals surface area contributed by atoms with E-state index in [9.17, 15) is 0 Å². The largest absolute Gasteiger partial charge is 0.0858 e. The van der Waals surface area contributed by atoms with Crippen molar-refractivity contribution in [2.45, 2.75) is 65.0 Å². The summed E-state index contributed by atoms with van der Waals surface area (Å²) < 4.78 is 3.45. The Balaban J connectivity index is 3.33. The maximum atomic E-state index is 2.66. The van der Waals surface area contributed by atoms with E-state index in [-0.39, 0.29) is 0 Å². The Bertz CT molecular complexity index is 344. The highest BCUT2D eigenvalue weighted by Crippen LogP contribution is 2.42. The van der Waals surface area contributed by atoms with Gasteiger partial charge in [-0.25, -0.2) is 0 Å². The lowest BCUT2D eigenvalue weighted by molar-refractivity contribution is 0.679. The van der Waals surface area contributed by atoms with Crippen LogP contribution < -0.4 is 0 Å². The summed E-state index contributed by atoms with van der Waals surface area (Å²) in [6.45, 7) is 14.9. The van der Waals surface area contributed by atoms with Crippen molar-refractivity contribution in [2.24, 2.45) is 0 Å². The summed E-state index contributed by atoms with van der Waals surface area (Å²) in [6, 6.07) is 0. The molecule has 0 N–H and O–H groups in total. The molecule has 0 atom stereocenters. The molecule has 1 rings (SSSR count). The Labute approximate surface area is 142 Å². The molecule has 0 aromatic heterocycles. The van der Waals surface area contributed by atoms with E-state index in [0.29, 0.717) is 0 Å². The van der Waals surface area contributed by atoms with Gasteiger partial charge in [-0.2, -0.15) is 0 Å². The highest BCUT2D eigenvalue weighted by molar-refractivity contribution is 14.1. The summed E-state index contributed by atoms with van der Waals surface area (Å²) in [5, 5.41) is 0. The Hall–Kier alpha value is 1.37. The highest BCUT2D eigenvalue weighted by atomic mass is 127. The normalized spacial score (nSPS) is 24.0. The Morgan fingerprint density at radius 1 is 0.722 bits per heavy atom. The van der Waals surface area contributed by atoms with Gasteiger partial charge in [0.05, 0.1) is 16.1 Å². The van der Waals surface area contributed by atoms with Gasteiger partial charge in [0.15, 0.2) is 0 Å². The van der Waals surface area contributed by atoms with Gasteiger partial charge in [-0.15, -0.1) is 0 Å². The van der Waals surface area contributed by atoms with E-state index in [0.717, 1.165) is 0 Å². The van der Waals surface area contributed by atoms with Gasteiger partial charge in [0.25, 0.3) is 0 Å². The molecule has 0 nitrogen and oxygen atoms in total. The van der Waals surface area contributed by atoms with Crippen LogP contribution in [0.5, 0.6) is 0 Å². The summed E-state index contributed by atoms with van der Waals surface area (Å²) in [5.41, 5.74) is 3.49. The third-order valence-electron chi connectivity index (χ3n) is 3.31. The third-order valence-corrected chi connectivity index (χ3v) is 17.6. The Morgan fingerprint density at radius 3 is 1.22 bits per heavy atom. The van der Waals surface area contributed by atoms with Gasteiger partial charge in [-0.3, -0.25) is 0 Å². The molecule has 0 heterocycles. The summed E-state index contributed by atoms with van der Waals surface area (Å²) in [5.74, 6) is 0. The van der Waals surface area contributed by atoms with E-state index >= 15 is 0 Å². The van der Waals surface area contributed by atoms with E-state index in [2.05, 4.69) is 84.5 Å². The van der Waals surface area contributed by atoms with Gasteiger partial charge in [-0.05, 0) is 43.2 Å². The quantitative estimate of drug-likeness (QED) is 0.290. The van der Waals surface area contributed by atoms with Gasteiger partial charge in [-0.1, -0.05) is 84.5 Å². The molecule has 0 bridgehead atoms. The fourth-order valence-electron chi connectivity index (χ4n) is 2.30. The van der Waals surface area contributed by atoms with E-state index in [4.69, 9.17) is 0 Å². The zero-order valence-corrected chi connectivity index (χ0v) is 18.9. The predicted octanol–water partition coefficient (Wildman–Crippen LogP) is 6.69. The predicted molar refractivity (Wildman–Crippen MR) is 107 cm³/mol. The van der Waals surface area contributed by atoms with Crippen molar-refractivity contribution in [3.63, 3.8) is 0 Å². The van der Waals surface area contributed by atoms with E-state index in [1.807, 2.05) is 0 Å². The van der Waals surface area contributed by atoms with E-state index < -0.39 is 16.1 Å². The van der Waals surface area contributed by atoms with Crippen LogP contribution in [0.3, 0.4) is 0 Å². The molecule has 0 unspecified atom stereocenters. The number of hydrogen-bond acceptors (Lipinski definition) is 0. The van der Waals surface area contributed by atoms with Crippen LogP contribution in [0, 0.1) is 0 Å². The molecular formula is C14H26I2Si2. The second kappa shape index (κ2) is 6.43. The maximum absolute atomic E-state index is 2.66. The molecule has 18 heavy (non-hydrogen) atoms. The minimum atomic E-state index is -1.15. The molecule has 1 aliphatic rings. The molecule has 0 aromatic carbocycles. The average Bonchev–Trinajstić information content (AvgIpc) is 2.24. The van der Waals surface area contributed by atoms with Crippen LogP contribution in [-0.4, -0.2) is 16.1 Å². The minimum Gasteiger partial charge on any atom is -0.0652 e. The number of hydrogen-bond donors (Lipinski definition) is 0. The van der Waals surface area contributed by atoms with Gasteiger partial charge >= 0.3 is 0 Å².